The van der Waals surface area contributed by atoms with Crippen molar-refractivity contribution in [3.8, 4) is 11.5 Å². The van der Waals surface area contributed by atoms with E-state index in [0.29, 0.717) is 22.6 Å². The molecule has 0 unspecified atom stereocenters. The largest absolute Gasteiger partial charge is 0.478 e. The van der Waals surface area contributed by atoms with Crippen molar-refractivity contribution in [1.82, 2.24) is 0 Å². The van der Waals surface area contributed by atoms with Crippen LogP contribution < -0.4 is 9.78 Å². The summed E-state index contributed by atoms with van der Waals surface area (Å²) >= 11 is 0. The van der Waals surface area contributed by atoms with Gasteiger partial charge in [0.1, 0.15) is 0 Å². The van der Waals surface area contributed by atoms with Crippen molar-refractivity contribution in [2.45, 2.75) is 32.1 Å². The van der Waals surface area contributed by atoms with Gasteiger partial charge in [-0.05, 0) is 70.8 Å². The number of carbonyl (C=O) groups is 4. The maximum Gasteiger partial charge on any atom is 0.359 e. The molecule has 4 aromatic carbocycles. The van der Waals surface area contributed by atoms with E-state index < -0.39 is 29.3 Å². The summed E-state index contributed by atoms with van der Waals surface area (Å²) < 4.78 is 0. The Balaban J connectivity index is 1.26. The molecule has 10 nitrogen and oxygen atoms in total. The van der Waals surface area contributed by atoms with E-state index in [1.165, 1.54) is 24.3 Å². The molecule has 0 bridgehead atoms. The van der Waals surface area contributed by atoms with Gasteiger partial charge in [-0.25, -0.2) is 19.2 Å². The van der Waals surface area contributed by atoms with Crippen molar-refractivity contribution in [2.24, 2.45) is 0 Å². The van der Waals surface area contributed by atoms with Crippen LogP contribution in [-0.4, -0.2) is 34.1 Å². The van der Waals surface area contributed by atoms with Crippen molar-refractivity contribution in [1.29, 1.82) is 0 Å². The minimum atomic E-state index is -1.05. The van der Waals surface area contributed by atoms with Gasteiger partial charge in [0, 0.05) is 5.41 Å². The number of carboxylic acids is 2. The van der Waals surface area contributed by atoms with E-state index in [4.69, 9.17) is 29.8 Å². The van der Waals surface area contributed by atoms with Crippen LogP contribution in [0.15, 0.2) is 97.1 Å². The normalized spacial score (nSPS) is 10.8. The number of rotatable bonds is 12. The molecule has 0 aliphatic heterocycles. The standard InChI is InChI=1S/C33H28O10/c1-33(2,25-11-15-27(16-12-25)40-42-29(34)19-21-3-7-23(8-4-21)31(36)37)26-13-17-28(18-14-26)41-43-30(35)20-22-5-9-24(10-6-22)32(38)39/h3-18H,19-20H2,1-2H3,(H,36,37)(H,38,39). The smallest absolute Gasteiger partial charge is 0.359 e. The summed E-state index contributed by atoms with van der Waals surface area (Å²) in [6.07, 6.45) is -0.154. The Labute approximate surface area is 246 Å². The lowest BCUT2D eigenvalue weighted by Gasteiger charge is -2.26. The van der Waals surface area contributed by atoms with Gasteiger partial charge in [-0.15, -0.1) is 0 Å². The number of carbonyl (C=O) groups excluding carboxylic acids is 2. The number of hydrogen-bond donors (Lipinski definition) is 2. The van der Waals surface area contributed by atoms with E-state index in [9.17, 15) is 19.2 Å². The molecular weight excluding hydrogens is 556 g/mol. The first-order valence-corrected chi connectivity index (χ1v) is 13.1. The Hall–Kier alpha value is -5.64. The molecule has 0 radical (unpaired) electrons. The summed E-state index contributed by atoms with van der Waals surface area (Å²) in [4.78, 5) is 66.2. The molecule has 0 atom stereocenters. The van der Waals surface area contributed by atoms with Gasteiger partial charge in [0.05, 0.1) is 24.0 Å². The first-order valence-electron chi connectivity index (χ1n) is 13.1. The van der Waals surface area contributed by atoms with Gasteiger partial charge in [-0.1, -0.05) is 62.4 Å². The molecular formula is C33H28O10. The molecule has 0 saturated carbocycles. The summed E-state index contributed by atoms with van der Waals surface area (Å²) in [6.45, 7) is 4.06. The maximum atomic E-state index is 12.1. The molecule has 4 aromatic rings. The van der Waals surface area contributed by atoms with E-state index in [1.807, 2.05) is 38.1 Å². The molecule has 0 aliphatic rings. The average molecular weight is 585 g/mol. The van der Waals surface area contributed by atoms with Crippen molar-refractivity contribution in [3.05, 3.63) is 130 Å². The van der Waals surface area contributed by atoms with Crippen LogP contribution in [0.5, 0.6) is 11.5 Å². The summed E-state index contributed by atoms with van der Waals surface area (Å²) in [7, 11) is 0. The van der Waals surface area contributed by atoms with Crippen LogP contribution in [0.3, 0.4) is 0 Å². The fraction of sp³-hybridized carbons (Fsp3) is 0.152. The van der Waals surface area contributed by atoms with Gasteiger partial charge in [-0.3, -0.25) is 19.6 Å². The fourth-order valence-corrected chi connectivity index (χ4v) is 4.13. The minimum Gasteiger partial charge on any atom is -0.478 e. The summed E-state index contributed by atoms with van der Waals surface area (Å²) in [5.41, 5.74) is 2.93. The van der Waals surface area contributed by atoms with Crippen LogP contribution in [0.4, 0.5) is 0 Å². The van der Waals surface area contributed by atoms with Crippen LogP contribution in [0.25, 0.3) is 0 Å². The molecule has 0 fully saturated rings. The molecule has 0 heterocycles. The first-order chi connectivity index (χ1) is 20.5. The zero-order valence-corrected chi connectivity index (χ0v) is 23.3. The number of aromatic carboxylic acids is 2. The molecule has 10 heteroatoms. The summed E-state index contributed by atoms with van der Waals surface area (Å²) in [6, 6.07) is 25.9. The molecule has 2 N–H and O–H groups in total. The van der Waals surface area contributed by atoms with Gasteiger partial charge in [0.25, 0.3) is 0 Å². The molecule has 4 rings (SSSR count). The van der Waals surface area contributed by atoms with Crippen LogP contribution in [-0.2, 0) is 37.6 Å². The highest BCUT2D eigenvalue weighted by Crippen LogP contribution is 2.33. The van der Waals surface area contributed by atoms with E-state index >= 15 is 0 Å². The molecule has 0 spiro atoms. The predicted molar refractivity (Wildman–Crippen MR) is 153 cm³/mol. The highest BCUT2D eigenvalue weighted by atomic mass is 17.2. The van der Waals surface area contributed by atoms with Crippen LogP contribution in [0.2, 0.25) is 0 Å². The monoisotopic (exact) mass is 584 g/mol. The second-order valence-corrected chi connectivity index (χ2v) is 10.1. The van der Waals surface area contributed by atoms with E-state index in [1.54, 1.807) is 48.5 Å². The fourth-order valence-electron chi connectivity index (χ4n) is 4.13. The molecule has 43 heavy (non-hydrogen) atoms. The zero-order valence-electron chi connectivity index (χ0n) is 23.3. The number of carboxylic acid groups (broad SMARTS) is 2. The van der Waals surface area contributed by atoms with Gasteiger partial charge < -0.3 is 10.2 Å². The Kier molecular flexibility index (Phi) is 9.41. The first kappa shape index (κ1) is 30.3. The molecule has 0 saturated heterocycles. The number of hydrogen-bond acceptors (Lipinski definition) is 8. The van der Waals surface area contributed by atoms with E-state index in [2.05, 4.69) is 0 Å². The third-order valence-electron chi connectivity index (χ3n) is 6.71. The van der Waals surface area contributed by atoms with Crippen LogP contribution >= 0.6 is 0 Å². The average Bonchev–Trinajstić information content (AvgIpc) is 3.00. The Bertz CT molecular complexity index is 1470. The van der Waals surface area contributed by atoms with Crippen molar-refractivity contribution in [3.63, 3.8) is 0 Å². The summed E-state index contributed by atoms with van der Waals surface area (Å²) in [5, 5.41) is 17.9. The third-order valence-corrected chi connectivity index (χ3v) is 6.71. The zero-order chi connectivity index (χ0) is 31.0. The van der Waals surface area contributed by atoms with Crippen molar-refractivity contribution in [2.75, 3.05) is 0 Å². The lowest BCUT2D eigenvalue weighted by Crippen LogP contribution is -2.19. The third kappa shape index (κ3) is 8.20. The molecule has 0 amide bonds. The highest BCUT2D eigenvalue weighted by Gasteiger charge is 2.23. The van der Waals surface area contributed by atoms with E-state index in [0.717, 1.165) is 11.1 Å². The lowest BCUT2D eigenvalue weighted by atomic mass is 9.78. The van der Waals surface area contributed by atoms with Gasteiger partial charge >= 0.3 is 23.9 Å². The minimum absolute atomic E-state index is 0.0771. The Morgan fingerprint density at radius 3 is 1.16 bits per heavy atom. The maximum absolute atomic E-state index is 12.1. The SMILES string of the molecule is CC(C)(c1ccc(OOC(=O)Cc2ccc(C(=O)O)cc2)cc1)c1ccc(OOC(=O)Cc2ccc(C(=O)O)cc2)cc1. The lowest BCUT2D eigenvalue weighted by molar-refractivity contribution is -0.213. The van der Waals surface area contributed by atoms with Crippen molar-refractivity contribution >= 4 is 23.9 Å². The van der Waals surface area contributed by atoms with Gasteiger partial charge in [0.15, 0.2) is 11.5 Å². The second-order valence-electron chi connectivity index (χ2n) is 10.1. The quantitative estimate of drug-likeness (QED) is 0.160. The topological polar surface area (TPSA) is 146 Å². The second kappa shape index (κ2) is 13.3. The Morgan fingerprint density at radius 2 is 0.860 bits per heavy atom. The molecule has 220 valence electrons. The molecule has 0 aromatic heterocycles. The van der Waals surface area contributed by atoms with Crippen LogP contribution in [0.1, 0.15) is 56.8 Å². The van der Waals surface area contributed by atoms with Crippen molar-refractivity contribution < 1.29 is 48.9 Å². The van der Waals surface area contributed by atoms with E-state index in [-0.39, 0.29) is 24.0 Å². The van der Waals surface area contributed by atoms with Gasteiger partial charge in [-0.2, -0.15) is 0 Å². The predicted octanol–water partition coefficient (Wildman–Crippen LogP) is 5.57. The Morgan fingerprint density at radius 1 is 0.535 bits per heavy atom. The van der Waals surface area contributed by atoms with Gasteiger partial charge in [0.2, 0.25) is 0 Å². The number of benzene rings is 4. The highest BCUT2D eigenvalue weighted by molar-refractivity contribution is 5.88. The molecule has 0 aliphatic carbocycles. The van der Waals surface area contributed by atoms with Crippen LogP contribution in [0, 0.1) is 0 Å². The summed E-state index contributed by atoms with van der Waals surface area (Å²) in [5.74, 6) is -2.69.